The average Bonchev–Trinajstić information content (AvgIpc) is 2.62. The van der Waals surface area contributed by atoms with Gasteiger partial charge in [0.05, 0.1) is 11.5 Å². The zero-order valence-corrected chi connectivity index (χ0v) is 15.1. The van der Waals surface area contributed by atoms with Gasteiger partial charge < -0.3 is 10.4 Å². The minimum atomic E-state index is -3.44. The van der Waals surface area contributed by atoms with Crippen molar-refractivity contribution in [3.05, 3.63) is 64.7 Å². The van der Waals surface area contributed by atoms with Gasteiger partial charge in [0.1, 0.15) is 0 Å². The monoisotopic (exact) mass is 362 g/mol. The number of aryl methyl sites for hydroxylation is 1. The molecule has 0 fully saturated rings. The van der Waals surface area contributed by atoms with Gasteiger partial charge in [0.2, 0.25) is 10.0 Å². The summed E-state index contributed by atoms with van der Waals surface area (Å²) in [4.78, 5) is 12.5. The molecule has 0 heterocycles. The van der Waals surface area contributed by atoms with Gasteiger partial charge >= 0.3 is 0 Å². The first kappa shape index (κ1) is 19.1. The van der Waals surface area contributed by atoms with Crippen molar-refractivity contribution in [3.63, 3.8) is 0 Å². The summed E-state index contributed by atoms with van der Waals surface area (Å²) in [5.41, 5.74) is 2.92. The van der Waals surface area contributed by atoms with E-state index >= 15 is 0 Å². The Morgan fingerprint density at radius 2 is 1.80 bits per heavy atom. The van der Waals surface area contributed by atoms with E-state index in [1.165, 1.54) is 19.2 Å². The predicted octanol–water partition coefficient (Wildman–Crippen LogP) is 1.37. The van der Waals surface area contributed by atoms with Crippen LogP contribution in [0, 0.1) is 6.92 Å². The van der Waals surface area contributed by atoms with E-state index in [4.69, 9.17) is 0 Å². The number of benzene rings is 2. The zero-order chi connectivity index (χ0) is 18.4. The van der Waals surface area contributed by atoms with Gasteiger partial charge in [-0.05, 0) is 49.7 Å². The molecule has 2 aromatic carbocycles. The molecule has 0 radical (unpaired) electrons. The van der Waals surface area contributed by atoms with E-state index in [2.05, 4.69) is 10.0 Å². The standard InChI is InChI=1S/C18H22N2O4S/c1-13-3-6-15(12-21)17(11-13)18(22)20-10-9-14-4-7-16(8-5-14)25(23,24)19-2/h3-8,11,19,21H,9-10,12H2,1-2H3,(H,20,22). The summed E-state index contributed by atoms with van der Waals surface area (Å²) in [5.74, 6) is -0.234. The van der Waals surface area contributed by atoms with Crippen LogP contribution in [-0.2, 0) is 23.1 Å². The number of sulfonamides is 1. The predicted molar refractivity (Wildman–Crippen MR) is 95.8 cm³/mol. The van der Waals surface area contributed by atoms with Crippen molar-refractivity contribution >= 4 is 15.9 Å². The quantitative estimate of drug-likeness (QED) is 0.693. The fraction of sp³-hybridized carbons (Fsp3) is 0.278. The molecule has 2 rings (SSSR count). The highest BCUT2D eigenvalue weighted by atomic mass is 32.2. The number of aliphatic hydroxyl groups excluding tert-OH is 1. The van der Waals surface area contributed by atoms with E-state index in [0.717, 1.165) is 11.1 Å². The summed E-state index contributed by atoms with van der Waals surface area (Å²) in [6.45, 7) is 2.11. The van der Waals surface area contributed by atoms with Gasteiger partial charge in [-0.2, -0.15) is 0 Å². The highest BCUT2D eigenvalue weighted by Crippen LogP contribution is 2.13. The second-order valence-corrected chi connectivity index (χ2v) is 7.56. The van der Waals surface area contributed by atoms with Crippen molar-refractivity contribution in [2.45, 2.75) is 24.8 Å². The Balaban J connectivity index is 1.97. The largest absolute Gasteiger partial charge is 0.392 e. The molecule has 0 spiro atoms. The van der Waals surface area contributed by atoms with Crippen LogP contribution in [0.25, 0.3) is 0 Å². The van der Waals surface area contributed by atoms with E-state index in [1.54, 1.807) is 24.3 Å². The third-order valence-electron chi connectivity index (χ3n) is 3.88. The number of carbonyl (C=O) groups is 1. The lowest BCUT2D eigenvalue weighted by molar-refractivity contribution is 0.0951. The molecule has 2 aromatic rings. The summed E-state index contributed by atoms with van der Waals surface area (Å²) >= 11 is 0. The maximum Gasteiger partial charge on any atom is 0.251 e. The molecule has 134 valence electrons. The van der Waals surface area contributed by atoms with Crippen molar-refractivity contribution in [3.8, 4) is 0 Å². The summed E-state index contributed by atoms with van der Waals surface area (Å²) in [7, 11) is -2.07. The number of hydrogen-bond donors (Lipinski definition) is 3. The lowest BCUT2D eigenvalue weighted by atomic mass is 10.0. The van der Waals surface area contributed by atoms with E-state index in [0.29, 0.717) is 24.1 Å². The summed E-state index contributed by atoms with van der Waals surface area (Å²) < 4.78 is 25.6. The SMILES string of the molecule is CNS(=O)(=O)c1ccc(CCNC(=O)c2cc(C)ccc2CO)cc1. The molecule has 0 atom stereocenters. The third kappa shape index (κ3) is 4.88. The first-order valence-corrected chi connectivity index (χ1v) is 9.37. The smallest absolute Gasteiger partial charge is 0.251 e. The van der Waals surface area contributed by atoms with Crippen molar-refractivity contribution in [1.82, 2.24) is 10.0 Å². The van der Waals surface area contributed by atoms with Crippen molar-refractivity contribution in [2.75, 3.05) is 13.6 Å². The molecule has 25 heavy (non-hydrogen) atoms. The van der Waals surface area contributed by atoms with Gasteiger partial charge in [-0.1, -0.05) is 29.8 Å². The summed E-state index contributed by atoms with van der Waals surface area (Å²) in [6.07, 6.45) is 0.575. The Hall–Kier alpha value is -2.22. The molecule has 1 amide bonds. The molecule has 0 aliphatic carbocycles. The molecule has 6 nitrogen and oxygen atoms in total. The van der Waals surface area contributed by atoms with E-state index in [-0.39, 0.29) is 17.4 Å². The molecule has 3 N–H and O–H groups in total. The highest BCUT2D eigenvalue weighted by molar-refractivity contribution is 7.89. The van der Waals surface area contributed by atoms with E-state index < -0.39 is 10.0 Å². The van der Waals surface area contributed by atoms with Crippen LogP contribution in [0.3, 0.4) is 0 Å². The number of hydrogen-bond acceptors (Lipinski definition) is 4. The molecule has 0 aromatic heterocycles. The maximum absolute atomic E-state index is 12.3. The second-order valence-electron chi connectivity index (χ2n) is 5.68. The zero-order valence-electron chi connectivity index (χ0n) is 14.2. The van der Waals surface area contributed by atoms with Crippen molar-refractivity contribution in [1.29, 1.82) is 0 Å². The first-order chi connectivity index (χ1) is 11.9. The molecule has 0 saturated carbocycles. The Kier molecular flexibility index (Phi) is 6.30. The number of carbonyl (C=O) groups excluding carboxylic acids is 1. The van der Waals surface area contributed by atoms with Gasteiger partial charge in [-0.15, -0.1) is 0 Å². The second kappa shape index (κ2) is 8.24. The number of rotatable bonds is 7. The Bertz CT molecular complexity index is 846. The van der Waals surface area contributed by atoms with E-state index in [1.807, 2.05) is 13.0 Å². The Labute approximate surface area is 147 Å². The Morgan fingerprint density at radius 1 is 1.12 bits per heavy atom. The topological polar surface area (TPSA) is 95.5 Å². The van der Waals surface area contributed by atoms with Crippen LogP contribution in [-0.4, -0.2) is 33.0 Å². The number of amides is 1. The molecule has 0 bridgehead atoms. The highest BCUT2D eigenvalue weighted by Gasteiger charge is 2.12. The fourth-order valence-electron chi connectivity index (χ4n) is 2.41. The average molecular weight is 362 g/mol. The van der Waals surface area contributed by atoms with Crippen molar-refractivity contribution < 1.29 is 18.3 Å². The van der Waals surface area contributed by atoms with Gasteiger partial charge in [0, 0.05) is 12.1 Å². The third-order valence-corrected chi connectivity index (χ3v) is 5.31. The molecule has 0 aliphatic rings. The van der Waals surface area contributed by atoms with Crippen LogP contribution in [0.5, 0.6) is 0 Å². The molecule has 0 aliphatic heterocycles. The normalized spacial score (nSPS) is 11.3. The Morgan fingerprint density at radius 3 is 2.40 bits per heavy atom. The van der Waals surface area contributed by atoms with Crippen LogP contribution >= 0.6 is 0 Å². The van der Waals surface area contributed by atoms with Crippen LogP contribution in [0.4, 0.5) is 0 Å². The van der Waals surface area contributed by atoms with Crippen LogP contribution in [0.1, 0.15) is 27.0 Å². The number of nitrogens with one attached hydrogen (secondary N) is 2. The molecular weight excluding hydrogens is 340 g/mol. The van der Waals surface area contributed by atoms with E-state index in [9.17, 15) is 18.3 Å². The van der Waals surface area contributed by atoms with Gasteiger partial charge in [-0.3, -0.25) is 4.79 Å². The van der Waals surface area contributed by atoms with Crippen LogP contribution in [0.15, 0.2) is 47.4 Å². The van der Waals surface area contributed by atoms with Gasteiger partial charge in [0.15, 0.2) is 0 Å². The molecule has 0 unspecified atom stereocenters. The summed E-state index contributed by atoms with van der Waals surface area (Å²) in [6, 6.07) is 11.9. The van der Waals surface area contributed by atoms with Crippen LogP contribution < -0.4 is 10.0 Å². The molecular formula is C18H22N2O4S. The van der Waals surface area contributed by atoms with Gasteiger partial charge in [-0.25, -0.2) is 13.1 Å². The maximum atomic E-state index is 12.3. The summed E-state index contributed by atoms with van der Waals surface area (Å²) in [5, 5.41) is 12.2. The lowest BCUT2D eigenvalue weighted by Crippen LogP contribution is -2.26. The minimum Gasteiger partial charge on any atom is -0.392 e. The molecule has 7 heteroatoms. The van der Waals surface area contributed by atoms with Gasteiger partial charge in [0.25, 0.3) is 5.91 Å². The lowest BCUT2D eigenvalue weighted by Gasteiger charge is -2.10. The molecule has 0 saturated heterocycles. The number of aliphatic hydroxyl groups is 1. The fourth-order valence-corrected chi connectivity index (χ4v) is 3.14. The first-order valence-electron chi connectivity index (χ1n) is 7.88. The van der Waals surface area contributed by atoms with Crippen LogP contribution in [0.2, 0.25) is 0 Å². The van der Waals surface area contributed by atoms with Crippen molar-refractivity contribution in [2.24, 2.45) is 0 Å². The minimum absolute atomic E-state index is 0.190.